The summed E-state index contributed by atoms with van der Waals surface area (Å²) >= 11 is 4.84. The maximum absolute atomic E-state index is 12.0. The van der Waals surface area contributed by atoms with Crippen LogP contribution in [-0.2, 0) is 16.4 Å². The fraction of sp³-hybridized carbons (Fsp3) is 0.667. The average Bonchev–Trinajstić information content (AvgIpc) is 2.75. The minimum atomic E-state index is -3.34. The Morgan fingerprint density at radius 1 is 1.39 bits per heavy atom. The summed E-state index contributed by atoms with van der Waals surface area (Å²) in [4.78, 5) is 1.27. The first-order chi connectivity index (χ1) is 8.35. The maximum atomic E-state index is 12.0. The Morgan fingerprint density at radius 2 is 2.06 bits per heavy atom. The van der Waals surface area contributed by atoms with Gasteiger partial charge in [0.15, 0.2) is 0 Å². The predicted octanol–water partition coefficient (Wildman–Crippen LogP) is 3.40. The first kappa shape index (κ1) is 16.1. The fourth-order valence-corrected chi connectivity index (χ4v) is 5.10. The molecule has 1 unspecified atom stereocenters. The average molecular weight is 354 g/mol. The van der Waals surface area contributed by atoms with E-state index in [0.29, 0.717) is 16.7 Å². The molecular formula is C12H20BrNO2S2. The second kappa shape index (κ2) is 7.03. The van der Waals surface area contributed by atoms with Crippen LogP contribution >= 0.6 is 27.3 Å². The molecule has 18 heavy (non-hydrogen) atoms. The Hall–Kier alpha value is 0.0900. The van der Waals surface area contributed by atoms with Crippen molar-refractivity contribution in [3.63, 3.8) is 0 Å². The van der Waals surface area contributed by atoms with Crippen molar-refractivity contribution in [2.24, 2.45) is 5.92 Å². The molecule has 6 heteroatoms. The minimum absolute atomic E-state index is 0.179. The van der Waals surface area contributed by atoms with Crippen LogP contribution in [0, 0.1) is 5.92 Å². The van der Waals surface area contributed by atoms with Gasteiger partial charge in [0.1, 0.15) is 4.21 Å². The van der Waals surface area contributed by atoms with Crippen LogP contribution < -0.4 is 4.72 Å². The molecule has 104 valence electrons. The molecular weight excluding hydrogens is 334 g/mol. The van der Waals surface area contributed by atoms with Crippen molar-refractivity contribution in [3.05, 3.63) is 17.0 Å². The quantitative estimate of drug-likeness (QED) is 0.763. The number of aryl methyl sites for hydroxylation is 1. The summed E-state index contributed by atoms with van der Waals surface area (Å²) in [5.74, 6) is 0.548. The molecule has 0 aliphatic carbocycles. The molecule has 0 aliphatic heterocycles. The summed E-state index contributed by atoms with van der Waals surface area (Å²) < 4.78 is 27.1. The standard InChI is InChI=1S/C12H20BrNO2S2/c1-4-11-5-6-12(17-11)18(15,16)14-8-10(13)7-9(2)3/h5-6,9-10,14H,4,7-8H2,1-3H3. The molecule has 0 aliphatic rings. The Labute approximate surface area is 122 Å². The van der Waals surface area contributed by atoms with E-state index in [0.717, 1.165) is 17.7 Å². The Kier molecular flexibility index (Phi) is 6.30. The van der Waals surface area contributed by atoms with E-state index in [1.54, 1.807) is 6.07 Å². The topological polar surface area (TPSA) is 46.2 Å². The minimum Gasteiger partial charge on any atom is -0.209 e. The molecule has 0 saturated heterocycles. The van der Waals surface area contributed by atoms with Crippen LogP contribution in [0.1, 0.15) is 32.1 Å². The van der Waals surface area contributed by atoms with E-state index in [1.165, 1.54) is 11.3 Å². The molecule has 0 aromatic carbocycles. The number of halogens is 1. The Morgan fingerprint density at radius 3 is 2.56 bits per heavy atom. The molecule has 0 fully saturated rings. The number of rotatable bonds is 7. The highest BCUT2D eigenvalue weighted by atomic mass is 79.9. The van der Waals surface area contributed by atoms with Gasteiger partial charge >= 0.3 is 0 Å². The highest BCUT2D eigenvalue weighted by molar-refractivity contribution is 9.09. The molecule has 0 saturated carbocycles. The first-order valence-corrected chi connectivity index (χ1v) is 9.29. The number of alkyl halides is 1. The zero-order valence-corrected chi connectivity index (χ0v) is 14.2. The largest absolute Gasteiger partial charge is 0.250 e. The zero-order chi connectivity index (χ0) is 13.8. The van der Waals surface area contributed by atoms with Crippen LogP contribution in [0.15, 0.2) is 16.3 Å². The Bertz CT molecular complexity index is 468. The van der Waals surface area contributed by atoms with Crippen molar-refractivity contribution < 1.29 is 8.42 Å². The van der Waals surface area contributed by atoms with Gasteiger partial charge in [0.25, 0.3) is 0 Å². The second-order valence-electron chi connectivity index (χ2n) is 4.65. The van der Waals surface area contributed by atoms with Gasteiger partial charge in [-0.15, -0.1) is 11.3 Å². The summed E-state index contributed by atoms with van der Waals surface area (Å²) in [6.45, 7) is 6.69. The van der Waals surface area contributed by atoms with Gasteiger partial charge in [-0.3, -0.25) is 0 Å². The van der Waals surface area contributed by atoms with Crippen molar-refractivity contribution in [2.75, 3.05) is 6.54 Å². The first-order valence-electron chi connectivity index (χ1n) is 6.07. The van der Waals surface area contributed by atoms with E-state index in [2.05, 4.69) is 34.5 Å². The van der Waals surface area contributed by atoms with Crippen LogP contribution in [0.25, 0.3) is 0 Å². The lowest BCUT2D eigenvalue weighted by molar-refractivity contribution is 0.552. The molecule has 1 N–H and O–H groups in total. The predicted molar refractivity (Wildman–Crippen MR) is 81.1 cm³/mol. The monoisotopic (exact) mass is 353 g/mol. The highest BCUT2D eigenvalue weighted by Crippen LogP contribution is 2.22. The molecule has 1 aromatic heterocycles. The summed E-state index contributed by atoms with van der Waals surface area (Å²) in [5.41, 5.74) is 0. The van der Waals surface area contributed by atoms with E-state index < -0.39 is 10.0 Å². The van der Waals surface area contributed by atoms with Gasteiger partial charge in [0, 0.05) is 16.2 Å². The third kappa shape index (κ3) is 4.99. The van der Waals surface area contributed by atoms with Gasteiger partial charge in [-0.2, -0.15) is 0 Å². The van der Waals surface area contributed by atoms with E-state index >= 15 is 0 Å². The van der Waals surface area contributed by atoms with Gasteiger partial charge in [0.05, 0.1) is 0 Å². The van der Waals surface area contributed by atoms with E-state index in [-0.39, 0.29) is 4.83 Å². The lowest BCUT2D eigenvalue weighted by atomic mass is 10.1. The highest BCUT2D eigenvalue weighted by Gasteiger charge is 2.18. The van der Waals surface area contributed by atoms with Crippen molar-refractivity contribution in [2.45, 2.75) is 42.6 Å². The second-order valence-corrected chi connectivity index (χ2v) is 9.11. The molecule has 1 atom stereocenters. The van der Waals surface area contributed by atoms with E-state index in [1.807, 2.05) is 13.0 Å². The third-order valence-corrected chi connectivity index (χ3v) is 6.31. The molecule has 0 spiro atoms. The number of sulfonamides is 1. The summed E-state index contributed by atoms with van der Waals surface area (Å²) in [6.07, 6.45) is 1.82. The van der Waals surface area contributed by atoms with Crippen molar-refractivity contribution >= 4 is 37.3 Å². The van der Waals surface area contributed by atoms with E-state index in [4.69, 9.17) is 0 Å². The van der Waals surface area contributed by atoms with Crippen LogP contribution in [-0.4, -0.2) is 19.8 Å². The van der Waals surface area contributed by atoms with Gasteiger partial charge in [-0.05, 0) is 30.9 Å². The molecule has 0 bridgehead atoms. The van der Waals surface area contributed by atoms with Crippen LogP contribution in [0.3, 0.4) is 0 Å². The van der Waals surface area contributed by atoms with Crippen molar-refractivity contribution in [1.82, 2.24) is 4.72 Å². The van der Waals surface area contributed by atoms with Gasteiger partial charge < -0.3 is 0 Å². The SMILES string of the molecule is CCc1ccc(S(=O)(=O)NCC(Br)CC(C)C)s1. The van der Waals surface area contributed by atoms with Gasteiger partial charge in [-0.25, -0.2) is 13.1 Å². The zero-order valence-electron chi connectivity index (χ0n) is 10.9. The molecule has 3 nitrogen and oxygen atoms in total. The molecule has 0 amide bonds. The number of nitrogens with one attached hydrogen (secondary N) is 1. The van der Waals surface area contributed by atoms with Crippen LogP contribution in [0.4, 0.5) is 0 Å². The number of hydrogen-bond acceptors (Lipinski definition) is 3. The van der Waals surface area contributed by atoms with Crippen LogP contribution in [0.5, 0.6) is 0 Å². The van der Waals surface area contributed by atoms with Gasteiger partial charge in [-0.1, -0.05) is 36.7 Å². The van der Waals surface area contributed by atoms with E-state index in [9.17, 15) is 8.42 Å². The summed E-state index contributed by atoms with van der Waals surface area (Å²) in [5, 5.41) is 0. The molecule has 1 aromatic rings. The van der Waals surface area contributed by atoms with Gasteiger partial charge in [0.2, 0.25) is 10.0 Å². The molecule has 1 heterocycles. The van der Waals surface area contributed by atoms with Crippen LogP contribution in [0.2, 0.25) is 0 Å². The lowest BCUT2D eigenvalue weighted by Gasteiger charge is -2.12. The van der Waals surface area contributed by atoms with Crippen molar-refractivity contribution in [1.29, 1.82) is 0 Å². The normalized spacial score (nSPS) is 14.1. The summed E-state index contributed by atoms with van der Waals surface area (Å²) in [7, 11) is -3.34. The number of thiophene rings is 1. The smallest absolute Gasteiger partial charge is 0.209 e. The third-order valence-electron chi connectivity index (χ3n) is 2.47. The molecule has 1 rings (SSSR count). The molecule has 0 radical (unpaired) electrons. The van der Waals surface area contributed by atoms with Crippen molar-refractivity contribution in [3.8, 4) is 0 Å². The number of hydrogen-bond donors (Lipinski definition) is 1. The Balaban J connectivity index is 2.59. The maximum Gasteiger partial charge on any atom is 0.250 e. The fourth-order valence-electron chi connectivity index (χ4n) is 1.56. The summed E-state index contributed by atoms with van der Waals surface area (Å²) in [6, 6.07) is 3.55. The lowest BCUT2D eigenvalue weighted by Crippen LogP contribution is -2.29.